The van der Waals surface area contributed by atoms with Crippen molar-refractivity contribution in [1.29, 1.82) is 5.26 Å². The predicted molar refractivity (Wildman–Crippen MR) is 135 cm³/mol. The fourth-order valence-electron chi connectivity index (χ4n) is 3.34. The summed E-state index contributed by atoms with van der Waals surface area (Å²) in [4.78, 5) is 26.5. The first-order valence-corrected chi connectivity index (χ1v) is 11.7. The number of ether oxygens (including phenoxy) is 2. The molecule has 3 aromatic rings. The van der Waals surface area contributed by atoms with Gasteiger partial charge in [0.25, 0.3) is 5.91 Å². The largest absolute Gasteiger partial charge is 0.493 e. The van der Waals surface area contributed by atoms with E-state index in [2.05, 4.69) is 5.32 Å². The van der Waals surface area contributed by atoms with Crippen LogP contribution in [0.1, 0.15) is 34.1 Å². The lowest BCUT2D eigenvalue weighted by atomic mass is 10.0. The van der Waals surface area contributed by atoms with E-state index >= 15 is 0 Å². The Balaban J connectivity index is 2.00. The highest BCUT2D eigenvalue weighted by molar-refractivity contribution is 7.17. The molecule has 0 unspecified atom stereocenters. The summed E-state index contributed by atoms with van der Waals surface area (Å²) >= 11 is 7.37. The van der Waals surface area contributed by atoms with E-state index < -0.39 is 11.9 Å². The van der Waals surface area contributed by atoms with E-state index in [-0.39, 0.29) is 11.1 Å². The zero-order valence-electron chi connectivity index (χ0n) is 19.0. The number of esters is 1. The molecule has 0 aliphatic heterocycles. The first-order chi connectivity index (χ1) is 16.4. The number of benzene rings is 2. The van der Waals surface area contributed by atoms with Gasteiger partial charge in [0.1, 0.15) is 28.0 Å². The zero-order valence-corrected chi connectivity index (χ0v) is 20.5. The van der Waals surface area contributed by atoms with Gasteiger partial charge in [-0.05, 0) is 43.2 Å². The van der Waals surface area contributed by atoms with E-state index in [4.69, 9.17) is 21.1 Å². The van der Waals surface area contributed by atoms with Crippen LogP contribution in [0.3, 0.4) is 0 Å². The van der Waals surface area contributed by atoms with Crippen molar-refractivity contribution in [1.82, 2.24) is 0 Å². The molecule has 0 spiro atoms. The third kappa shape index (κ3) is 5.66. The number of methoxy groups -OCH3 is 1. The highest BCUT2D eigenvalue weighted by atomic mass is 35.5. The molecule has 1 aromatic heterocycles. The number of carbonyl (C=O) groups is 2. The lowest BCUT2D eigenvalue weighted by Gasteiger charge is -2.09. The van der Waals surface area contributed by atoms with Crippen LogP contribution < -0.4 is 10.1 Å². The third-order valence-corrected chi connectivity index (χ3v) is 6.12. The molecule has 1 amide bonds. The van der Waals surface area contributed by atoms with Gasteiger partial charge >= 0.3 is 5.97 Å². The minimum absolute atomic E-state index is 0.126. The monoisotopic (exact) mass is 494 g/mol. The number of hydrogen-bond donors (Lipinski definition) is 1. The molecule has 0 aliphatic rings. The molecule has 1 heterocycles. The van der Waals surface area contributed by atoms with Crippen LogP contribution in [0.15, 0.2) is 54.1 Å². The van der Waals surface area contributed by atoms with Crippen LogP contribution in [0.4, 0.5) is 5.00 Å². The number of halogens is 1. The van der Waals surface area contributed by atoms with Crippen LogP contribution in [0.2, 0.25) is 5.02 Å². The summed E-state index contributed by atoms with van der Waals surface area (Å²) in [5.41, 5.74) is 2.04. The van der Waals surface area contributed by atoms with Crippen LogP contribution in [-0.4, -0.2) is 25.6 Å². The molecule has 0 bridgehead atoms. The zero-order chi connectivity index (χ0) is 24.7. The van der Waals surface area contributed by atoms with E-state index in [1.54, 1.807) is 36.4 Å². The second kappa shape index (κ2) is 11.5. The first kappa shape index (κ1) is 25.0. The molecule has 0 aliphatic carbocycles. The highest BCUT2D eigenvalue weighted by Crippen LogP contribution is 2.41. The molecule has 1 N–H and O–H groups in total. The van der Waals surface area contributed by atoms with Gasteiger partial charge in [-0.3, -0.25) is 4.79 Å². The topological polar surface area (TPSA) is 88.4 Å². The Bertz CT molecular complexity index is 1290. The van der Waals surface area contributed by atoms with Crippen molar-refractivity contribution in [2.75, 3.05) is 19.0 Å². The molecule has 8 heteroatoms. The van der Waals surface area contributed by atoms with Crippen molar-refractivity contribution in [3.63, 3.8) is 0 Å². The average molecular weight is 495 g/mol. The van der Waals surface area contributed by atoms with Gasteiger partial charge in [0.2, 0.25) is 0 Å². The minimum Gasteiger partial charge on any atom is -0.493 e. The third-order valence-electron chi connectivity index (χ3n) is 4.86. The summed E-state index contributed by atoms with van der Waals surface area (Å²) in [5, 5.41) is 13.2. The Morgan fingerprint density at radius 3 is 2.65 bits per heavy atom. The first-order valence-electron chi connectivity index (χ1n) is 10.5. The molecule has 0 saturated carbocycles. The molecule has 0 atom stereocenters. The maximum absolute atomic E-state index is 13.0. The van der Waals surface area contributed by atoms with Crippen molar-refractivity contribution < 1.29 is 19.1 Å². The van der Waals surface area contributed by atoms with Gasteiger partial charge in [-0.15, -0.1) is 11.3 Å². The second-order valence-electron chi connectivity index (χ2n) is 7.25. The standard InChI is InChI=1S/C26H23ClN2O4S/c1-4-12-33-21-11-6-5-8-17(21)13-19(15-28)24(30)29-25-23(26(31)32-3)22(16(2)34-25)18-9-7-10-20(27)14-18/h5-11,13-14H,4,12H2,1-3H3,(H,29,30)/b19-13+. The van der Waals surface area contributed by atoms with Crippen molar-refractivity contribution in [2.45, 2.75) is 20.3 Å². The number of thiophene rings is 1. The number of hydrogen-bond acceptors (Lipinski definition) is 6. The lowest BCUT2D eigenvalue weighted by molar-refractivity contribution is -0.112. The lowest BCUT2D eigenvalue weighted by Crippen LogP contribution is -2.15. The number of rotatable bonds is 8. The van der Waals surface area contributed by atoms with Crippen LogP contribution >= 0.6 is 22.9 Å². The maximum atomic E-state index is 13.0. The van der Waals surface area contributed by atoms with Crippen LogP contribution in [0.25, 0.3) is 17.2 Å². The van der Waals surface area contributed by atoms with Gasteiger partial charge in [-0.25, -0.2) is 4.79 Å². The molecule has 0 saturated heterocycles. The van der Waals surface area contributed by atoms with Gasteiger partial charge in [0.05, 0.1) is 13.7 Å². The number of carbonyl (C=O) groups excluding carboxylic acids is 2. The molecular formula is C26H23ClN2O4S. The van der Waals surface area contributed by atoms with Crippen LogP contribution in [-0.2, 0) is 9.53 Å². The normalized spacial score (nSPS) is 11.0. The fourth-order valence-corrected chi connectivity index (χ4v) is 4.59. The predicted octanol–water partition coefficient (Wildman–Crippen LogP) is 6.50. The number of amides is 1. The van der Waals surface area contributed by atoms with Crippen LogP contribution in [0.5, 0.6) is 5.75 Å². The summed E-state index contributed by atoms with van der Waals surface area (Å²) in [7, 11) is 1.27. The quantitative estimate of drug-likeness (QED) is 0.219. The summed E-state index contributed by atoms with van der Waals surface area (Å²) in [6.07, 6.45) is 2.29. The number of nitrogens with zero attached hydrogens (tertiary/aromatic N) is 1. The second-order valence-corrected chi connectivity index (χ2v) is 8.91. The molecule has 3 rings (SSSR count). The number of nitriles is 1. The number of para-hydroxylation sites is 1. The van der Waals surface area contributed by atoms with Crippen LogP contribution in [0, 0.1) is 18.3 Å². The van der Waals surface area contributed by atoms with E-state index in [0.717, 1.165) is 16.9 Å². The highest BCUT2D eigenvalue weighted by Gasteiger charge is 2.26. The average Bonchev–Trinajstić information content (AvgIpc) is 3.16. The minimum atomic E-state index is -0.642. The SMILES string of the molecule is CCCOc1ccccc1/C=C(\C#N)C(=O)Nc1sc(C)c(-c2cccc(Cl)c2)c1C(=O)OC. The maximum Gasteiger partial charge on any atom is 0.341 e. The van der Waals surface area contributed by atoms with Crippen molar-refractivity contribution >= 4 is 45.9 Å². The van der Waals surface area contributed by atoms with E-state index in [0.29, 0.717) is 33.5 Å². The van der Waals surface area contributed by atoms with Gasteiger partial charge in [0, 0.05) is 21.0 Å². The fraction of sp³-hybridized carbons (Fsp3) is 0.192. The van der Waals surface area contributed by atoms with Crippen molar-refractivity contribution in [2.24, 2.45) is 0 Å². The van der Waals surface area contributed by atoms with Gasteiger partial charge in [-0.2, -0.15) is 5.26 Å². The number of nitrogens with one attached hydrogen (secondary N) is 1. The molecular weight excluding hydrogens is 472 g/mol. The summed E-state index contributed by atoms with van der Waals surface area (Å²) in [6, 6.07) is 16.2. The Kier molecular flexibility index (Phi) is 8.47. The Labute approximate surface area is 207 Å². The molecule has 0 fully saturated rings. The summed E-state index contributed by atoms with van der Waals surface area (Å²) in [5.74, 6) is -0.664. The smallest absolute Gasteiger partial charge is 0.341 e. The number of aryl methyl sites for hydroxylation is 1. The molecule has 6 nitrogen and oxygen atoms in total. The molecule has 2 aromatic carbocycles. The Hall–Kier alpha value is -3.60. The Morgan fingerprint density at radius 1 is 1.21 bits per heavy atom. The van der Waals surface area contributed by atoms with E-state index in [1.165, 1.54) is 24.5 Å². The van der Waals surface area contributed by atoms with E-state index in [9.17, 15) is 14.9 Å². The Morgan fingerprint density at radius 2 is 1.97 bits per heavy atom. The van der Waals surface area contributed by atoms with Crippen molar-refractivity contribution in [3.8, 4) is 22.9 Å². The van der Waals surface area contributed by atoms with Crippen molar-refractivity contribution in [3.05, 3.63) is 75.1 Å². The molecule has 174 valence electrons. The van der Waals surface area contributed by atoms with Gasteiger partial charge < -0.3 is 14.8 Å². The molecule has 34 heavy (non-hydrogen) atoms. The summed E-state index contributed by atoms with van der Waals surface area (Å²) < 4.78 is 10.7. The number of anilines is 1. The summed E-state index contributed by atoms with van der Waals surface area (Å²) in [6.45, 7) is 4.35. The molecule has 0 radical (unpaired) electrons. The van der Waals surface area contributed by atoms with Gasteiger partial charge in [-0.1, -0.05) is 48.9 Å². The van der Waals surface area contributed by atoms with Gasteiger partial charge in [0.15, 0.2) is 0 Å². The van der Waals surface area contributed by atoms with E-state index in [1.807, 2.05) is 32.0 Å².